The van der Waals surface area contributed by atoms with Crippen molar-refractivity contribution in [3.05, 3.63) is 46.5 Å². The molecule has 1 amide bonds. The minimum atomic E-state index is -0.128. The molecule has 19 heavy (non-hydrogen) atoms. The molecule has 0 atom stereocenters. The zero-order valence-corrected chi connectivity index (χ0v) is 11.1. The molecule has 2 aromatic rings. The van der Waals surface area contributed by atoms with Gasteiger partial charge in [0, 0.05) is 12.3 Å². The fourth-order valence-electron chi connectivity index (χ4n) is 1.42. The number of nitriles is 1. The van der Waals surface area contributed by atoms with E-state index in [1.54, 1.807) is 12.1 Å². The zero-order valence-electron chi connectivity index (χ0n) is 10.3. The third kappa shape index (κ3) is 3.76. The van der Waals surface area contributed by atoms with Crippen LogP contribution < -0.4 is 5.32 Å². The monoisotopic (exact) mass is 269 g/mol. The van der Waals surface area contributed by atoms with Crippen LogP contribution in [0.3, 0.4) is 0 Å². The van der Waals surface area contributed by atoms with Gasteiger partial charge in [0.05, 0.1) is 17.3 Å². The lowest BCUT2D eigenvalue weighted by Gasteiger charge is -1.93. The minimum absolute atomic E-state index is 0.128. The number of carbonyl (C=O) groups is 1. The number of amides is 1. The quantitative estimate of drug-likeness (QED) is 0.930. The van der Waals surface area contributed by atoms with Crippen molar-refractivity contribution >= 4 is 34.5 Å². The van der Waals surface area contributed by atoms with Crippen molar-refractivity contribution in [1.82, 2.24) is 4.98 Å². The lowest BCUT2D eigenvalue weighted by Crippen LogP contribution is -2.04. The zero-order chi connectivity index (χ0) is 13.7. The number of benzene rings is 1. The highest BCUT2D eigenvalue weighted by Crippen LogP contribution is 2.17. The smallest absolute Gasteiger partial charge is 0.223 e. The van der Waals surface area contributed by atoms with Gasteiger partial charge in [0.2, 0.25) is 5.91 Å². The summed E-state index contributed by atoms with van der Waals surface area (Å²) in [5.74, 6) is -0.128. The third-order valence-corrected chi connectivity index (χ3v) is 3.07. The first-order chi connectivity index (χ1) is 9.17. The van der Waals surface area contributed by atoms with Crippen molar-refractivity contribution in [3.63, 3.8) is 0 Å². The molecule has 1 N–H and O–H groups in total. The predicted molar refractivity (Wildman–Crippen MR) is 76.5 cm³/mol. The van der Waals surface area contributed by atoms with Gasteiger partial charge < -0.3 is 5.32 Å². The highest BCUT2D eigenvalue weighted by atomic mass is 32.1. The fraction of sp³-hybridized carbons (Fsp3) is 0.0714. The van der Waals surface area contributed by atoms with E-state index in [-0.39, 0.29) is 5.91 Å². The van der Waals surface area contributed by atoms with Crippen LogP contribution in [-0.2, 0) is 4.79 Å². The van der Waals surface area contributed by atoms with Gasteiger partial charge in [0.25, 0.3) is 0 Å². The van der Waals surface area contributed by atoms with Crippen molar-refractivity contribution in [1.29, 1.82) is 5.26 Å². The van der Waals surface area contributed by atoms with Gasteiger partial charge in [-0.15, -0.1) is 11.3 Å². The Morgan fingerprint density at radius 1 is 1.37 bits per heavy atom. The van der Waals surface area contributed by atoms with Gasteiger partial charge >= 0.3 is 0 Å². The Balaban J connectivity index is 2.07. The maximum Gasteiger partial charge on any atom is 0.223 e. The molecule has 0 fully saturated rings. The van der Waals surface area contributed by atoms with Gasteiger partial charge in [-0.2, -0.15) is 5.26 Å². The van der Waals surface area contributed by atoms with E-state index in [2.05, 4.69) is 16.4 Å². The highest BCUT2D eigenvalue weighted by Gasteiger charge is 2.00. The molecule has 2 rings (SSSR count). The van der Waals surface area contributed by atoms with Crippen LogP contribution in [0.4, 0.5) is 5.13 Å². The Labute approximate surface area is 115 Å². The van der Waals surface area contributed by atoms with Gasteiger partial charge in [-0.3, -0.25) is 4.79 Å². The summed E-state index contributed by atoms with van der Waals surface area (Å²) in [6, 6.07) is 9.35. The van der Waals surface area contributed by atoms with E-state index in [1.165, 1.54) is 18.3 Å². The molecule has 0 bridgehead atoms. The van der Waals surface area contributed by atoms with Gasteiger partial charge in [0.15, 0.2) is 5.13 Å². The number of rotatable bonds is 3. The van der Waals surface area contributed by atoms with Crippen LogP contribution in [0, 0.1) is 11.3 Å². The molecule has 0 unspecified atom stereocenters. The molecule has 0 saturated heterocycles. The Morgan fingerprint density at radius 3 is 2.74 bits per heavy atom. The summed E-state index contributed by atoms with van der Waals surface area (Å²) in [7, 11) is 0. The molecule has 1 aromatic carbocycles. The lowest BCUT2D eigenvalue weighted by atomic mass is 10.1. The molecule has 0 radical (unpaired) electrons. The van der Waals surface area contributed by atoms with E-state index in [0.29, 0.717) is 10.7 Å². The third-order valence-electron chi connectivity index (χ3n) is 2.29. The van der Waals surface area contributed by atoms with E-state index in [4.69, 9.17) is 5.26 Å². The van der Waals surface area contributed by atoms with Crippen LogP contribution in [0.2, 0.25) is 0 Å². The van der Waals surface area contributed by atoms with E-state index >= 15 is 0 Å². The van der Waals surface area contributed by atoms with Gasteiger partial charge in [-0.1, -0.05) is 18.2 Å². The molecule has 0 aliphatic rings. The maximum atomic E-state index is 10.9. The Bertz CT molecular complexity index is 650. The first-order valence-corrected chi connectivity index (χ1v) is 6.47. The summed E-state index contributed by atoms with van der Waals surface area (Å²) in [5, 5.41) is 13.8. The molecular weight excluding hydrogens is 258 g/mol. The first-order valence-electron chi connectivity index (χ1n) is 5.59. The molecule has 94 valence electrons. The second-order valence-corrected chi connectivity index (χ2v) is 4.68. The Morgan fingerprint density at radius 2 is 2.11 bits per heavy atom. The van der Waals surface area contributed by atoms with Gasteiger partial charge in [-0.05, 0) is 23.8 Å². The topological polar surface area (TPSA) is 65.8 Å². The second-order valence-electron chi connectivity index (χ2n) is 3.83. The molecule has 4 nitrogen and oxygen atoms in total. The largest absolute Gasteiger partial charge is 0.302 e. The number of nitrogens with zero attached hydrogens (tertiary/aromatic N) is 2. The summed E-state index contributed by atoms with van der Waals surface area (Å²) in [6.45, 7) is 1.45. The number of hydrogen-bond donors (Lipinski definition) is 1. The molecule has 1 aromatic heterocycles. The fourth-order valence-corrected chi connectivity index (χ4v) is 2.15. The standard InChI is InChI=1S/C14H11N3OS/c1-10(18)16-14-17-13(9-19-14)7-6-11-2-4-12(8-15)5-3-11/h2-7,9H,1H3,(H,16,17,18)/b7-6+. The van der Waals surface area contributed by atoms with Gasteiger partial charge in [0.1, 0.15) is 0 Å². The molecular formula is C14H11N3OS. The summed E-state index contributed by atoms with van der Waals surface area (Å²) in [4.78, 5) is 15.1. The Hall–Kier alpha value is -2.45. The summed E-state index contributed by atoms with van der Waals surface area (Å²) in [6.07, 6.45) is 3.77. The summed E-state index contributed by atoms with van der Waals surface area (Å²) >= 11 is 1.38. The number of carbonyl (C=O) groups excluding carboxylic acids is 1. The summed E-state index contributed by atoms with van der Waals surface area (Å²) in [5.41, 5.74) is 2.42. The number of thiazole rings is 1. The summed E-state index contributed by atoms with van der Waals surface area (Å²) < 4.78 is 0. The lowest BCUT2D eigenvalue weighted by molar-refractivity contribution is -0.114. The molecule has 0 aliphatic carbocycles. The number of aromatic nitrogens is 1. The molecule has 0 saturated carbocycles. The number of hydrogen-bond acceptors (Lipinski definition) is 4. The number of anilines is 1. The predicted octanol–water partition coefficient (Wildman–Crippen LogP) is 3.14. The van der Waals surface area contributed by atoms with Crippen LogP contribution in [0.1, 0.15) is 23.7 Å². The van der Waals surface area contributed by atoms with E-state index in [9.17, 15) is 4.79 Å². The van der Waals surface area contributed by atoms with Crippen LogP contribution in [0.25, 0.3) is 12.2 Å². The van der Waals surface area contributed by atoms with Gasteiger partial charge in [-0.25, -0.2) is 4.98 Å². The maximum absolute atomic E-state index is 10.9. The number of nitrogens with one attached hydrogen (secondary N) is 1. The first kappa shape index (κ1) is 13.0. The second kappa shape index (κ2) is 5.94. The molecule has 0 spiro atoms. The van der Waals surface area contributed by atoms with Crippen molar-refractivity contribution in [2.24, 2.45) is 0 Å². The average molecular weight is 269 g/mol. The molecule has 0 aliphatic heterocycles. The average Bonchev–Trinajstić information content (AvgIpc) is 2.84. The van der Waals surface area contributed by atoms with Crippen LogP contribution >= 0.6 is 11.3 Å². The Kier molecular flexibility index (Phi) is 4.06. The van der Waals surface area contributed by atoms with Crippen LogP contribution in [0.15, 0.2) is 29.6 Å². The SMILES string of the molecule is CC(=O)Nc1nc(/C=C/c2ccc(C#N)cc2)cs1. The van der Waals surface area contributed by atoms with Crippen molar-refractivity contribution < 1.29 is 4.79 Å². The van der Waals surface area contributed by atoms with Crippen molar-refractivity contribution in [2.75, 3.05) is 5.32 Å². The van der Waals surface area contributed by atoms with E-state index in [1.807, 2.05) is 29.7 Å². The van der Waals surface area contributed by atoms with Crippen molar-refractivity contribution in [2.45, 2.75) is 6.92 Å². The van der Waals surface area contributed by atoms with Crippen LogP contribution in [0.5, 0.6) is 0 Å². The highest BCUT2D eigenvalue weighted by molar-refractivity contribution is 7.14. The molecule has 5 heteroatoms. The molecule has 1 heterocycles. The minimum Gasteiger partial charge on any atom is -0.302 e. The van der Waals surface area contributed by atoms with Crippen molar-refractivity contribution in [3.8, 4) is 6.07 Å². The normalized spacial score (nSPS) is 10.3. The van der Waals surface area contributed by atoms with E-state index in [0.717, 1.165) is 11.3 Å². The van der Waals surface area contributed by atoms with Crippen LogP contribution in [-0.4, -0.2) is 10.9 Å². The van der Waals surface area contributed by atoms with E-state index < -0.39 is 0 Å².